The van der Waals surface area contributed by atoms with Crippen LogP contribution in [0.5, 0.6) is 0 Å². The molecule has 1 aliphatic carbocycles. The minimum absolute atomic E-state index is 0.177. The molecular formula is C15H17N3O4S. The van der Waals surface area contributed by atoms with Crippen LogP contribution in [0.25, 0.3) is 0 Å². The SMILES string of the molecule is O=C1C=CC(C(=O)NC2CCCCC2N2C(=O)CSC2=O)C=N1. The normalized spacial score (nSPS) is 30.9. The Kier molecular flexibility index (Phi) is 4.61. The lowest BCUT2D eigenvalue weighted by atomic mass is 9.88. The number of imide groups is 1. The molecule has 1 N–H and O–H groups in total. The lowest BCUT2D eigenvalue weighted by Crippen LogP contribution is -2.55. The maximum Gasteiger partial charge on any atom is 0.289 e. The predicted molar refractivity (Wildman–Crippen MR) is 85.0 cm³/mol. The van der Waals surface area contributed by atoms with E-state index in [4.69, 9.17) is 0 Å². The topological polar surface area (TPSA) is 95.9 Å². The van der Waals surface area contributed by atoms with E-state index in [1.165, 1.54) is 23.3 Å². The van der Waals surface area contributed by atoms with Crippen molar-refractivity contribution < 1.29 is 19.2 Å². The number of hydrogen-bond acceptors (Lipinski definition) is 5. The van der Waals surface area contributed by atoms with Gasteiger partial charge in [0.15, 0.2) is 0 Å². The fourth-order valence-electron chi connectivity index (χ4n) is 3.14. The van der Waals surface area contributed by atoms with Crippen LogP contribution in [0, 0.1) is 5.92 Å². The summed E-state index contributed by atoms with van der Waals surface area (Å²) in [6.45, 7) is 0. The molecule has 1 saturated carbocycles. The summed E-state index contributed by atoms with van der Waals surface area (Å²) in [4.78, 5) is 52.2. The van der Waals surface area contributed by atoms with E-state index in [-0.39, 0.29) is 40.8 Å². The zero-order valence-electron chi connectivity index (χ0n) is 12.4. The number of amides is 4. The number of nitrogens with zero attached hydrogens (tertiary/aromatic N) is 2. The van der Waals surface area contributed by atoms with Gasteiger partial charge in [-0.2, -0.15) is 0 Å². The number of carbonyl (C=O) groups excluding carboxylic acids is 4. The third-order valence-electron chi connectivity index (χ3n) is 4.28. The van der Waals surface area contributed by atoms with Gasteiger partial charge in [-0.3, -0.25) is 24.1 Å². The Labute approximate surface area is 137 Å². The Bertz CT molecular complexity index is 584. The first-order valence-electron chi connectivity index (χ1n) is 7.62. The second kappa shape index (κ2) is 6.66. The van der Waals surface area contributed by atoms with Gasteiger partial charge in [0.25, 0.3) is 11.1 Å². The Morgan fingerprint density at radius 1 is 1.26 bits per heavy atom. The summed E-state index contributed by atoms with van der Waals surface area (Å²) in [7, 11) is 0. The molecule has 0 aromatic heterocycles. The van der Waals surface area contributed by atoms with E-state index in [1.807, 2.05) is 0 Å². The summed E-state index contributed by atoms with van der Waals surface area (Å²) >= 11 is 1.01. The van der Waals surface area contributed by atoms with Crippen LogP contribution < -0.4 is 5.32 Å². The van der Waals surface area contributed by atoms with Gasteiger partial charge in [0.1, 0.15) is 0 Å². The maximum absolute atomic E-state index is 12.3. The molecule has 4 amide bonds. The van der Waals surface area contributed by atoms with Crippen LogP contribution in [0.2, 0.25) is 0 Å². The summed E-state index contributed by atoms with van der Waals surface area (Å²) in [6, 6.07) is -0.531. The molecule has 122 valence electrons. The average Bonchev–Trinajstić information content (AvgIpc) is 2.87. The van der Waals surface area contributed by atoms with Crippen molar-refractivity contribution >= 4 is 40.9 Å². The monoisotopic (exact) mass is 335 g/mol. The lowest BCUT2D eigenvalue weighted by Gasteiger charge is -2.37. The van der Waals surface area contributed by atoms with Crippen LogP contribution in [-0.4, -0.2) is 51.9 Å². The lowest BCUT2D eigenvalue weighted by molar-refractivity contribution is -0.129. The molecule has 23 heavy (non-hydrogen) atoms. The van der Waals surface area contributed by atoms with Crippen molar-refractivity contribution in [2.45, 2.75) is 37.8 Å². The van der Waals surface area contributed by atoms with Crippen LogP contribution in [0.3, 0.4) is 0 Å². The maximum atomic E-state index is 12.3. The summed E-state index contributed by atoms with van der Waals surface area (Å²) in [5, 5.41) is 2.69. The van der Waals surface area contributed by atoms with E-state index in [1.54, 1.807) is 0 Å². The number of dihydropyridines is 1. The number of nitrogens with one attached hydrogen (secondary N) is 1. The molecule has 3 atom stereocenters. The minimum Gasteiger partial charge on any atom is -0.350 e. The third kappa shape index (κ3) is 3.36. The molecule has 0 spiro atoms. The number of carbonyl (C=O) groups is 4. The van der Waals surface area contributed by atoms with Gasteiger partial charge in [0, 0.05) is 18.3 Å². The van der Waals surface area contributed by atoms with Crippen molar-refractivity contribution in [3.05, 3.63) is 12.2 Å². The highest BCUT2D eigenvalue weighted by atomic mass is 32.2. The molecule has 3 unspecified atom stereocenters. The predicted octanol–water partition coefficient (Wildman–Crippen LogP) is 0.893. The smallest absolute Gasteiger partial charge is 0.289 e. The fraction of sp³-hybridized carbons (Fsp3) is 0.533. The van der Waals surface area contributed by atoms with Gasteiger partial charge in [-0.1, -0.05) is 30.7 Å². The van der Waals surface area contributed by atoms with Crippen molar-refractivity contribution in [3.63, 3.8) is 0 Å². The second-order valence-electron chi connectivity index (χ2n) is 5.79. The number of rotatable bonds is 3. The van der Waals surface area contributed by atoms with Crippen molar-refractivity contribution in [1.29, 1.82) is 0 Å². The second-order valence-corrected chi connectivity index (χ2v) is 6.71. The molecule has 0 aromatic rings. The van der Waals surface area contributed by atoms with Crippen LogP contribution >= 0.6 is 11.8 Å². The number of thioether (sulfide) groups is 1. The van der Waals surface area contributed by atoms with E-state index in [9.17, 15) is 19.2 Å². The zero-order valence-corrected chi connectivity index (χ0v) is 13.3. The van der Waals surface area contributed by atoms with Gasteiger partial charge in [-0.25, -0.2) is 4.99 Å². The van der Waals surface area contributed by atoms with Gasteiger partial charge in [-0.05, 0) is 12.8 Å². The standard InChI is InChI=1S/C15H17N3O4S/c19-12-6-5-9(7-16-12)14(21)17-10-3-1-2-4-11(10)18-13(20)8-23-15(18)22/h5-7,9-11H,1-4,8H2,(H,17,21). The van der Waals surface area contributed by atoms with Crippen LogP contribution in [-0.2, 0) is 14.4 Å². The highest BCUT2D eigenvalue weighted by Crippen LogP contribution is 2.30. The van der Waals surface area contributed by atoms with Crippen molar-refractivity contribution in [2.24, 2.45) is 10.9 Å². The highest BCUT2D eigenvalue weighted by molar-refractivity contribution is 8.14. The third-order valence-corrected chi connectivity index (χ3v) is 5.12. The molecule has 3 rings (SSSR count). The first-order chi connectivity index (χ1) is 11.1. The highest BCUT2D eigenvalue weighted by Gasteiger charge is 2.41. The zero-order chi connectivity index (χ0) is 16.4. The van der Waals surface area contributed by atoms with E-state index < -0.39 is 5.92 Å². The molecular weight excluding hydrogens is 318 g/mol. The summed E-state index contributed by atoms with van der Waals surface area (Å²) < 4.78 is 0. The molecule has 7 nitrogen and oxygen atoms in total. The molecule has 2 fully saturated rings. The van der Waals surface area contributed by atoms with Crippen molar-refractivity contribution in [3.8, 4) is 0 Å². The van der Waals surface area contributed by atoms with Gasteiger partial charge in [-0.15, -0.1) is 0 Å². The Morgan fingerprint density at radius 2 is 2.04 bits per heavy atom. The van der Waals surface area contributed by atoms with Crippen LogP contribution in [0.1, 0.15) is 25.7 Å². The van der Waals surface area contributed by atoms with E-state index in [2.05, 4.69) is 10.3 Å². The quantitative estimate of drug-likeness (QED) is 0.826. The van der Waals surface area contributed by atoms with Gasteiger partial charge < -0.3 is 5.32 Å². The van der Waals surface area contributed by atoms with Gasteiger partial charge >= 0.3 is 0 Å². The number of hydrogen-bond donors (Lipinski definition) is 1. The van der Waals surface area contributed by atoms with E-state index >= 15 is 0 Å². The molecule has 0 bridgehead atoms. The average molecular weight is 335 g/mol. The van der Waals surface area contributed by atoms with Crippen LogP contribution in [0.4, 0.5) is 4.79 Å². The first-order valence-corrected chi connectivity index (χ1v) is 8.60. The minimum atomic E-state index is -0.588. The fourth-order valence-corrected chi connectivity index (χ4v) is 3.90. The molecule has 2 aliphatic heterocycles. The van der Waals surface area contributed by atoms with E-state index in [0.717, 1.165) is 31.0 Å². The summed E-state index contributed by atoms with van der Waals surface area (Å²) in [6.07, 6.45) is 7.39. The first kappa shape index (κ1) is 15.9. The Balaban J connectivity index is 1.69. The Morgan fingerprint density at radius 3 is 2.70 bits per heavy atom. The van der Waals surface area contributed by atoms with Gasteiger partial charge in [0.2, 0.25) is 11.8 Å². The molecule has 1 saturated heterocycles. The van der Waals surface area contributed by atoms with E-state index in [0.29, 0.717) is 6.42 Å². The molecule has 2 heterocycles. The molecule has 3 aliphatic rings. The Hall–Kier alpha value is -1.96. The van der Waals surface area contributed by atoms with Crippen LogP contribution in [0.15, 0.2) is 17.1 Å². The number of aliphatic imine (C=N–C) groups is 1. The summed E-state index contributed by atoms with van der Waals surface area (Å²) in [5.74, 6) is -1.24. The van der Waals surface area contributed by atoms with Gasteiger partial charge in [0.05, 0.1) is 17.7 Å². The molecule has 0 aromatic carbocycles. The molecule has 0 radical (unpaired) electrons. The van der Waals surface area contributed by atoms with Crippen molar-refractivity contribution in [1.82, 2.24) is 10.2 Å². The summed E-state index contributed by atoms with van der Waals surface area (Å²) in [5.41, 5.74) is 0. The largest absolute Gasteiger partial charge is 0.350 e. The molecule has 8 heteroatoms. The van der Waals surface area contributed by atoms with Crippen molar-refractivity contribution in [2.75, 3.05) is 5.75 Å².